The van der Waals surface area contributed by atoms with Crippen molar-refractivity contribution in [3.8, 4) is 0 Å². The molecule has 0 aliphatic carbocycles. The summed E-state index contributed by atoms with van der Waals surface area (Å²) in [6, 6.07) is 5.69. The highest BCUT2D eigenvalue weighted by atomic mass is 32.2. The maximum Gasteiger partial charge on any atom is 0.293 e. The van der Waals surface area contributed by atoms with E-state index in [0.717, 1.165) is 22.5 Å². The van der Waals surface area contributed by atoms with Crippen LogP contribution < -0.4 is 9.62 Å². The first kappa shape index (κ1) is 14.9. The van der Waals surface area contributed by atoms with Crippen molar-refractivity contribution in [1.82, 2.24) is 10.2 Å². The third-order valence-electron chi connectivity index (χ3n) is 3.29. The topological polar surface area (TPSA) is 92.3 Å². The van der Waals surface area contributed by atoms with Crippen molar-refractivity contribution in [2.75, 3.05) is 16.2 Å². The summed E-state index contributed by atoms with van der Waals surface area (Å²) < 4.78 is 26.6. The van der Waals surface area contributed by atoms with Gasteiger partial charge in [0.15, 0.2) is 0 Å². The molecule has 0 atom stereocenters. The quantitative estimate of drug-likeness (QED) is 0.857. The summed E-state index contributed by atoms with van der Waals surface area (Å²) in [5.41, 5.74) is 2.79. The predicted octanol–water partition coefficient (Wildman–Crippen LogP) is 1.56. The van der Waals surface area contributed by atoms with E-state index in [1.165, 1.54) is 11.2 Å². The average Bonchev–Trinajstić information content (AvgIpc) is 3.04. The molecule has 1 aliphatic heterocycles. The maximum absolute atomic E-state index is 12.7. The molecule has 0 bridgehead atoms. The second-order valence-electron chi connectivity index (χ2n) is 5.01. The SMILES string of the molecule is CC(=O)Nc1nnc(S(=O)(=O)N2CCc3cc(C)ccc32)s1. The number of hydrogen-bond donors (Lipinski definition) is 1. The molecule has 0 unspecified atom stereocenters. The number of rotatable bonds is 3. The number of sulfonamides is 1. The van der Waals surface area contributed by atoms with Crippen LogP contribution in [0.2, 0.25) is 0 Å². The maximum atomic E-state index is 12.7. The Bertz CT molecular complexity index is 845. The van der Waals surface area contributed by atoms with Crippen LogP contribution in [0.25, 0.3) is 0 Å². The van der Waals surface area contributed by atoms with Crippen molar-refractivity contribution in [2.24, 2.45) is 0 Å². The summed E-state index contributed by atoms with van der Waals surface area (Å²) in [7, 11) is -3.75. The van der Waals surface area contributed by atoms with Crippen molar-refractivity contribution in [2.45, 2.75) is 24.6 Å². The van der Waals surface area contributed by atoms with Crippen molar-refractivity contribution in [1.29, 1.82) is 0 Å². The first-order valence-corrected chi connectivity index (χ1v) is 8.87. The van der Waals surface area contributed by atoms with Crippen molar-refractivity contribution >= 4 is 38.1 Å². The number of amides is 1. The summed E-state index contributed by atoms with van der Waals surface area (Å²) in [6.07, 6.45) is 0.674. The Hall–Kier alpha value is -2.00. The minimum Gasteiger partial charge on any atom is -0.301 e. The third-order valence-corrected chi connectivity index (χ3v) is 6.29. The molecule has 1 aliphatic rings. The molecular formula is C13H14N4O3S2. The summed E-state index contributed by atoms with van der Waals surface area (Å²) >= 11 is 0.849. The van der Waals surface area contributed by atoms with Crippen molar-refractivity contribution in [3.63, 3.8) is 0 Å². The van der Waals surface area contributed by atoms with E-state index in [0.29, 0.717) is 18.7 Å². The van der Waals surface area contributed by atoms with Gasteiger partial charge in [0.2, 0.25) is 11.0 Å². The van der Waals surface area contributed by atoms with Gasteiger partial charge in [-0.2, -0.15) is 8.42 Å². The summed E-state index contributed by atoms with van der Waals surface area (Å²) in [5.74, 6) is -0.318. The molecule has 3 rings (SSSR count). The average molecular weight is 338 g/mol. The lowest BCUT2D eigenvalue weighted by Gasteiger charge is -2.17. The number of nitrogens with zero attached hydrogens (tertiary/aromatic N) is 3. The Kier molecular flexibility index (Phi) is 3.61. The number of anilines is 2. The van der Waals surface area contributed by atoms with Crippen LogP contribution in [0.4, 0.5) is 10.8 Å². The monoisotopic (exact) mass is 338 g/mol. The Morgan fingerprint density at radius 1 is 1.36 bits per heavy atom. The van der Waals surface area contributed by atoms with E-state index in [4.69, 9.17) is 0 Å². The molecule has 0 radical (unpaired) electrons. The molecule has 0 saturated carbocycles. The Morgan fingerprint density at radius 3 is 2.86 bits per heavy atom. The van der Waals surface area contributed by atoms with Crippen LogP contribution in [0.15, 0.2) is 22.5 Å². The molecule has 1 aromatic carbocycles. The molecule has 0 fully saturated rings. The largest absolute Gasteiger partial charge is 0.301 e. The molecule has 116 valence electrons. The molecule has 1 N–H and O–H groups in total. The second-order valence-corrected chi connectivity index (χ2v) is 8.03. The fraction of sp³-hybridized carbons (Fsp3) is 0.308. The molecular weight excluding hydrogens is 324 g/mol. The van der Waals surface area contributed by atoms with E-state index >= 15 is 0 Å². The lowest BCUT2D eigenvalue weighted by Crippen LogP contribution is -2.29. The number of fused-ring (bicyclic) bond motifs is 1. The summed E-state index contributed by atoms with van der Waals surface area (Å²) in [4.78, 5) is 11.0. The highest BCUT2D eigenvalue weighted by Crippen LogP contribution is 2.34. The lowest BCUT2D eigenvalue weighted by molar-refractivity contribution is -0.114. The zero-order chi connectivity index (χ0) is 15.9. The number of nitrogens with one attached hydrogen (secondary N) is 1. The molecule has 22 heavy (non-hydrogen) atoms. The fourth-order valence-corrected chi connectivity index (χ4v) is 4.91. The Balaban J connectivity index is 1.95. The minimum absolute atomic E-state index is 0.121. The standard InChI is InChI=1S/C13H14N4O3S2/c1-8-3-4-11-10(7-8)5-6-17(11)22(19,20)13-16-15-12(21-13)14-9(2)18/h3-4,7H,5-6H2,1-2H3,(H,14,15,18). The van der Waals surface area contributed by atoms with Crippen molar-refractivity contribution < 1.29 is 13.2 Å². The second kappa shape index (κ2) is 5.33. The molecule has 0 spiro atoms. The smallest absolute Gasteiger partial charge is 0.293 e. The van der Waals surface area contributed by atoms with Gasteiger partial charge in [-0.05, 0) is 25.0 Å². The van der Waals surface area contributed by atoms with E-state index in [9.17, 15) is 13.2 Å². The number of carbonyl (C=O) groups excluding carboxylic acids is 1. The van der Waals surface area contributed by atoms with E-state index in [-0.39, 0.29) is 15.4 Å². The van der Waals surface area contributed by atoms with Crippen molar-refractivity contribution in [3.05, 3.63) is 29.3 Å². The Labute approximate surface area is 132 Å². The van der Waals surface area contributed by atoms with Gasteiger partial charge in [0.25, 0.3) is 14.4 Å². The lowest BCUT2D eigenvalue weighted by atomic mass is 10.1. The van der Waals surface area contributed by atoms with Crippen LogP contribution >= 0.6 is 11.3 Å². The first-order valence-electron chi connectivity index (χ1n) is 6.61. The number of hydrogen-bond acceptors (Lipinski definition) is 6. The third kappa shape index (κ3) is 2.57. The molecule has 2 heterocycles. The Morgan fingerprint density at radius 2 is 2.14 bits per heavy atom. The first-order chi connectivity index (χ1) is 10.4. The number of carbonyl (C=O) groups is 1. The fourth-order valence-electron chi connectivity index (χ4n) is 2.36. The van der Waals surface area contributed by atoms with Gasteiger partial charge in [0.1, 0.15) is 0 Å². The highest BCUT2D eigenvalue weighted by molar-refractivity contribution is 7.94. The minimum atomic E-state index is -3.75. The molecule has 1 aromatic heterocycles. The van der Waals surface area contributed by atoms with Crippen LogP contribution in [0, 0.1) is 6.92 Å². The van der Waals surface area contributed by atoms with Gasteiger partial charge in [-0.1, -0.05) is 29.0 Å². The molecule has 9 heteroatoms. The van der Waals surface area contributed by atoms with Gasteiger partial charge < -0.3 is 5.32 Å². The molecule has 1 amide bonds. The van der Waals surface area contributed by atoms with Crippen LogP contribution in [0.1, 0.15) is 18.1 Å². The van der Waals surface area contributed by atoms with E-state index in [1.54, 1.807) is 0 Å². The molecule has 7 nitrogen and oxygen atoms in total. The van der Waals surface area contributed by atoms with E-state index in [2.05, 4.69) is 15.5 Å². The normalized spacial score (nSPS) is 14.0. The zero-order valence-electron chi connectivity index (χ0n) is 12.0. The molecule has 2 aromatic rings. The van der Waals surface area contributed by atoms with Gasteiger partial charge in [0, 0.05) is 13.5 Å². The van der Waals surface area contributed by atoms with Gasteiger partial charge >= 0.3 is 0 Å². The van der Waals surface area contributed by atoms with Crippen LogP contribution in [-0.4, -0.2) is 31.1 Å². The number of aromatic nitrogens is 2. The zero-order valence-corrected chi connectivity index (χ0v) is 13.7. The van der Waals surface area contributed by atoms with E-state index in [1.807, 2.05) is 25.1 Å². The summed E-state index contributed by atoms with van der Waals surface area (Å²) in [5, 5.41) is 10.0. The van der Waals surface area contributed by atoms with Crippen LogP contribution in [0.5, 0.6) is 0 Å². The summed E-state index contributed by atoms with van der Waals surface area (Å²) in [6.45, 7) is 3.69. The van der Waals surface area contributed by atoms with Gasteiger partial charge in [0.05, 0.1) is 5.69 Å². The van der Waals surface area contributed by atoms with E-state index < -0.39 is 10.0 Å². The number of aryl methyl sites for hydroxylation is 1. The predicted molar refractivity (Wildman–Crippen MR) is 83.6 cm³/mol. The van der Waals surface area contributed by atoms with Crippen LogP contribution in [0.3, 0.4) is 0 Å². The van der Waals surface area contributed by atoms with Gasteiger partial charge in [-0.3, -0.25) is 9.10 Å². The van der Waals surface area contributed by atoms with Gasteiger partial charge in [-0.15, -0.1) is 10.2 Å². The highest BCUT2D eigenvalue weighted by Gasteiger charge is 2.33. The number of benzene rings is 1. The van der Waals surface area contributed by atoms with Gasteiger partial charge in [-0.25, -0.2) is 0 Å². The molecule has 0 saturated heterocycles. The van der Waals surface area contributed by atoms with Crippen LogP contribution in [-0.2, 0) is 21.2 Å².